The Morgan fingerprint density at radius 1 is 1.21 bits per heavy atom. The number of amides is 1. The van der Waals surface area contributed by atoms with Gasteiger partial charge < -0.3 is 14.5 Å². The molecule has 1 aliphatic rings. The van der Waals surface area contributed by atoms with Gasteiger partial charge in [0.15, 0.2) is 0 Å². The van der Waals surface area contributed by atoms with Crippen molar-refractivity contribution in [2.45, 2.75) is 45.1 Å². The minimum atomic E-state index is -0.149. The second-order valence-electron chi connectivity index (χ2n) is 8.97. The number of aromatic nitrogens is 4. The first-order chi connectivity index (χ1) is 15.9. The number of benzene rings is 1. The molecule has 8 heteroatoms. The van der Waals surface area contributed by atoms with Gasteiger partial charge in [-0.05, 0) is 48.9 Å². The van der Waals surface area contributed by atoms with E-state index in [1.54, 1.807) is 7.11 Å². The van der Waals surface area contributed by atoms with E-state index in [1.165, 1.54) is 0 Å². The van der Waals surface area contributed by atoms with Crippen LogP contribution in [0, 0.1) is 0 Å². The summed E-state index contributed by atoms with van der Waals surface area (Å²) in [7, 11) is 5.50. The van der Waals surface area contributed by atoms with Gasteiger partial charge in [0.2, 0.25) is 5.95 Å². The van der Waals surface area contributed by atoms with Crippen molar-refractivity contribution in [3.05, 3.63) is 53.6 Å². The number of nitrogens with one attached hydrogen (secondary N) is 1. The molecule has 8 nitrogen and oxygen atoms in total. The number of hydrogen-bond acceptors (Lipinski definition) is 6. The van der Waals surface area contributed by atoms with Gasteiger partial charge in [0.25, 0.3) is 5.91 Å². The van der Waals surface area contributed by atoms with Crippen LogP contribution in [0.1, 0.15) is 66.9 Å². The lowest BCUT2D eigenvalue weighted by atomic mass is 9.93. The number of hydrogen-bond donors (Lipinski definition) is 1. The van der Waals surface area contributed by atoms with E-state index in [9.17, 15) is 4.79 Å². The fraction of sp³-hybridized carbons (Fsp3) is 0.440. The molecule has 3 aromatic rings. The van der Waals surface area contributed by atoms with Crippen molar-refractivity contribution in [1.82, 2.24) is 25.1 Å². The Hall–Kier alpha value is -3.42. The van der Waals surface area contributed by atoms with E-state index < -0.39 is 0 Å². The number of aromatic amines is 1. The molecule has 1 aliphatic heterocycles. The summed E-state index contributed by atoms with van der Waals surface area (Å²) >= 11 is 0. The lowest BCUT2D eigenvalue weighted by Gasteiger charge is -2.36. The molecule has 0 unspecified atom stereocenters. The molecular formula is C25H32N6O2. The molecule has 174 valence electrons. The van der Waals surface area contributed by atoms with Crippen molar-refractivity contribution in [2.75, 3.05) is 32.6 Å². The average Bonchev–Trinajstić information content (AvgIpc) is 3.34. The number of carbonyl (C=O) groups excluding carboxylic acids is 1. The highest BCUT2D eigenvalue weighted by atomic mass is 16.5. The van der Waals surface area contributed by atoms with E-state index in [2.05, 4.69) is 29.0 Å². The molecule has 3 heterocycles. The molecule has 1 saturated heterocycles. The average molecular weight is 449 g/mol. The molecule has 1 aromatic carbocycles. The maximum atomic E-state index is 13.5. The monoisotopic (exact) mass is 448 g/mol. The molecule has 0 aliphatic carbocycles. The molecule has 0 spiro atoms. The van der Waals surface area contributed by atoms with E-state index in [0.29, 0.717) is 18.2 Å². The number of H-pyrrole nitrogens is 1. The highest BCUT2D eigenvalue weighted by molar-refractivity contribution is 5.93. The summed E-state index contributed by atoms with van der Waals surface area (Å²) in [6.07, 6.45) is 4.71. The molecular weight excluding hydrogens is 416 g/mol. The summed E-state index contributed by atoms with van der Waals surface area (Å²) in [5.41, 5.74) is 4.21. The van der Waals surface area contributed by atoms with E-state index in [1.807, 2.05) is 60.4 Å². The quantitative estimate of drug-likeness (QED) is 0.600. The number of rotatable bonds is 6. The van der Waals surface area contributed by atoms with Crippen LogP contribution in [0.25, 0.3) is 11.1 Å². The summed E-state index contributed by atoms with van der Waals surface area (Å²) in [6.45, 7) is 4.84. The van der Waals surface area contributed by atoms with Crippen LogP contribution in [0.5, 0.6) is 5.75 Å². The van der Waals surface area contributed by atoms with Crippen LogP contribution in [-0.4, -0.2) is 58.7 Å². The zero-order valence-corrected chi connectivity index (χ0v) is 20.0. The smallest absolute Gasteiger partial charge is 0.274 e. The Morgan fingerprint density at radius 3 is 2.61 bits per heavy atom. The summed E-state index contributed by atoms with van der Waals surface area (Å²) in [6, 6.07) is 9.60. The second-order valence-corrected chi connectivity index (χ2v) is 8.97. The summed E-state index contributed by atoms with van der Waals surface area (Å²) in [5.74, 6) is 1.64. The van der Waals surface area contributed by atoms with Crippen molar-refractivity contribution >= 4 is 11.9 Å². The topological polar surface area (TPSA) is 87.2 Å². The molecule has 0 bridgehead atoms. The molecule has 2 aromatic heterocycles. The maximum Gasteiger partial charge on any atom is 0.274 e. The molecule has 4 rings (SSSR count). The first kappa shape index (κ1) is 22.8. The summed E-state index contributed by atoms with van der Waals surface area (Å²) in [4.78, 5) is 26.9. The van der Waals surface area contributed by atoms with Gasteiger partial charge >= 0.3 is 0 Å². The minimum Gasteiger partial charge on any atom is -0.497 e. The van der Waals surface area contributed by atoms with Gasteiger partial charge in [-0.2, -0.15) is 5.10 Å². The Morgan fingerprint density at radius 2 is 1.97 bits per heavy atom. The first-order valence-corrected chi connectivity index (χ1v) is 11.4. The predicted octanol–water partition coefficient (Wildman–Crippen LogP) is 4.43. The number of piperidine rings is 1. The van der Waals surface area contributed by atoms with Gasteiger partial charge in [-0.3, -0.25) is 9.89 Å². The van der Waals surface area contributed by atoms with Crippen molar-refractivity contribution < 1.29 is 9.53 Å². The van der Waals surface area contributed by atoms with Crippen LogP contribution in [-0.2, 0) is 0 Å². The molecule has 33 heavy (non-hydrogen) atoms. The van der Waals surface area contributed by atoms with Gasteiger partial charge in [0, 0.05) is 38.1 Å². The highest BCUT2D eigenvalue weighted by Gasteiger charge is 2.33. The Balaban J connectivity index is 1.76. The van der Waals surface area contributed by atoms with Crippen molar-refractivity contribution in [1.29, 1.82) is 0 Å². The van der Waals surface area contributed by atoms with Gasteiger partial charge in [0.1, 0.15) is 11.4 Å². The first-order valence-electron chi connectivity index (χ1n) is 11.4. The summed E-state index contributed by atoms with van der Waals surface area (Å²) < 4.78 is 5.32. The van der Waals surface area contributed by atoms with Crippen molar-refractivity contribution in [3.63, 3.8) is 0 Å². The number of methoxy groups -OCH3 is 1. The van der Waals surface area contributed by atoms with Gasteiger partial charge in [-0.15, -0.1) is 0 Å². The van der Waals surface area contributed by atoms with Crippen LogP contribution in [0.15, 0.2) is 36.5 Å². The molecule has 1 amide bonds. The molecule has 0 radical (unpaired) electrons. The van der Waals surface area contributed by atoms with Crippen LogP contribution in [0.3, 0.4) is 0 Å². The van der Waals surface area contributed by atoms with Crippen LogP contribution < -0.4 is 9.64 Å². The Kier molecular flexibility index (Phi) is 6.62. The zero-order chi connectivity index (χ0) is 23.5. The maximum absolute atomic E-state index is 13.5. The number of carbonyl (C=O) groups is 1. The fourth-order valence-electron chi connectivity index (χ4n) is 4.20. The zero-order valence-electron chi connectivity index (χ0n) is 20.0. The van der Waals surface area contributed by atoms with E-state index in [0.717, 1.165) is 47.5 Å². The van der Waals surface area contributed by atoms with Crippen LogP contribution >= 0.6 is 0 Å². The third kappa shape index (κ3) is 4.69. The third-order valence-corrected chi connectivity index (χ3v) is 6.12. The number of ether oxygens (including phenoxy) is 1. The standard InChI is InChI=1S/C25H32N6O2/c1-16(2)20-14-21(29-28-20)24(32)31-13-7-6-8-22(31)23-19(15-26-25(27-23)30(3)4)17-9-11-18(33-5)12-10-17/h9-12,14-16,22H,6-8,13H2,1-5H3,(H,28,29)/t22-/m1/s1. The van der Waals surface area contributed by atoms with Crippen molar-refractivity contribution in [2.24, 2.45) is 0 Å². The third-order valence-electron chi connectivity index (χ3n) is 6.12. The molecule has 1 atom stereocenters. The second kappa shape index (κ2) is 9.60. The lowest BCUT2D eigenvalue weighted by molar-refractivity contribution is 0.0600. The molecule has 1 fully saturated rings. The Bertz CT molecular complexity index is 1110. The Labute approximate surface area is 195 Å². The molecule has 0 saturated carbocycles. The number of nitrogens with zero attached hydrogens (tertiary/aromatic N) is 5. The van der Waals surface area contributed by atoms with Crippen LogP contribution in [0.4, 0.5) is 5.95 Å². The van der Waals surface area contributed by atoms with Crippen LogP contribution in [0.2, 0.25) is 0 Å². The van der Waals surface area contributed by atoms with Gasteiger partial charge in [0.05, 0.1) is 18.8 Å². The predicted molar refractivity (Wildman–Crippen MR) is 129 cm³/mol. The highest BCUT2D eigenvalue weighted by Crippen LogP contribution is 2.37. The number of anilines is 1. The fourth-order valence-corrected chi connectivity index (χ4v) is 4.20. The number of likely N-dealkylation sites (tertiary alicyclic amines) is 1. The lowest BCUT2D eigenvalue weighted by Crippen LogP contribution is -2.39. The minimum absolute atomic E-state index is 0.0615. The summed E-state index contributed by atoms with van der Waals surface area (Å²) in [5, 5.41) is 7.33. The normalized spacial score (nSPS) is 16.2. The SMILES string of the molecule is COc1ccc(-c2cnc(N(C)C)nc2[C@H]2CCCCN2C(=O)c2cc(C(C)C)[nH]n2)cc1. The van der Waals surface area contributed by atoms with Crippen molar-refractivity contribution in [3.8, 4) is 16.9 Å². The largest absolute Gasteiger partial charge is 0.497 e. The molecule has 1 N–H and O–H groups in total. The van der Waals surface area contributed by atoms with E-state index >= 15 is 0 Å². The van der Waals surface area contributed by atoms with Gasteiger partial charge in [-0.25, -0.2) is 9.97 Å². The van der Waals surface area contributed by atoms with E-state index in [4.69, 9.17) is 9.72 Å². The van der Waals surface area contributed by atoms with Gasteiger partial charge in [-0.1, -0.05) is 26.0 Å². The van der Waals surface area contributed by atoms with E-state index in [-0.39, 0.29) is 17.9 Å².